The van der Waals surface area contributed by atoms with Crippen LogP contribution in [0.15, 0.2) is 146 Å². The fourth-order valence-corrected chi connectivity index (χ4v) is 10.5. The van der Waals surface area contributed by atoms with Crippen molar-refractivity contribution in [3.05, 3.63) is 179 Å². The summed E-state index contributed by atoms with van der Waals surface area (Å²) in [6.07, 6.45) is 24.5. The number of benzene rings is 6. The molecular formula is C63H66N2. The van der Waals surface area contributed by atoms with Crippen molar-refractivity contribution in [1.82, 2.24) is 9.97 Å². The number of aryl methyl sites for hydroxylation is 2. The molecule has 9 rings (SSSR count). The number of nitrogens with zero attached hydrogens (tertiary/aromatic N) is 2. The molecular weight excluding hydrogens is 785 g/mol. The van der Waals surface area contributed by atoms with Crippen LogP contribution in [-0.2, 0) is 5.41 Å². The Labute approximate surface area is 388 Å². The van der Waals surface area contributed by atoms with E-state index in [4.69, 9.17) is 9.97 Å². The lowest BCUT2D eigenvalue weighted by Crippen LogP contribution is -2.25. The van der Waals surface area contributed by atoms with Crippen LogP contribution in [0.5, 0.6) is 0 Å². The molecule has 0 fully saturated rings. The molecule has 1 aliphatic rings. The zero-order valence-corrected chi connectivity index (χ0v) is 39.3. The van der Waals surface area contributed by atoms with Gasteiger partial charge in [-0.05, 0) is 119 Å². The molecule has 328 valence electrons. The van der Waals surface area contributed by atoms with E-state index in [2.05, 4.69) is 173 Å². The van der Waals surface area contributed by atoms with E-state index in [9.17, 15) is 0 Å². The van der Waals surface area contributed by atoms with Crippen LogP contribution < -0.4 is 0 Å². The summed E-state index contributed by atoms with van der Waals surface area (Å²) in [4.78, 5) is 10.2. The molecule has 0 amide bonds. The summed E-state index contributed by atoms with van der Waals surface area (Å²) in [6, 6.07) is 52.5. The van der Waals surface area contributed by atoms with Gasteiger partial charge in [0.2, 0.25) is 0 Å². The molecule has 65 heavy (non-hydrogen) atoms. The molecule has 6 aromatic carbocycles. The number of rotatable bonds is 19. The van der Waals surface area contributed by atoms with Crippen molar-refractivity contribution in [3.8, 4) is 44.6 Å². The number of hydrogen-bond acceptors (Lipinski definition) is 2. The molecule has 0 N–H and O–H groups in total. The summed E-state index contributed by atoms with van der Waals surface area (Å²) in [5.41, 5.74) is 19.9. The molecule has 1 aliphatic carbocycles. The molecule has 0 unspecified atom stereocenters. The number of hydrogen-bond donors (Lipinski definition) is 0. The fraction of sp³-hybridized carbons (Fsp3) is 0.302. The number of pyridine rings is 2. The summed E-state index contributed by atoms with van der Waals surface area (Å²) in [5, 5.41) is 2.21. The predicted octanol–water partition coefficient (Wildman–Crippen LogP) is 18.3. The Morgan fingerprint density at radius 3 is 1.63 bits per heavy atom. The Kier molecular flexibility index (Phi) is 13.8. The lowest BCUT2D eigenvalue weighted by molar-refractivity contribution is 0.398. The second kappa shape index (κ2) is 20.4. The molecule has 0 saturated heterocycles. The number of unbranched alkanes of at least 4 members (excludes halogenated alkanes) is 10. The predicted molar refractivity (Wildman–Crippen MR) is 280 cm³/mol. The van der Waals surface area contributed by atoms with Crippen LogP contribution in [0, 0.1) is 13.8 Å². The molecule has 0 aliphatic heterocycles. The molecule has 0 atom stereocenters. The second-order valence-corrected chi connectivity index (χ2v) is 19.0. The standard InChI is InChI=1S/C63H66N2/c1-5-7-9-11-13-15-37-63(38-16-14-12-10-8-6-2)58-40-46(4)21-34-56(58)57-35-32-52(44-59(57)63)54-41-53(49-28-26-48(27-29-49)25-24-47-22-19-45(3)20-23-47)42-55(43-54)60-36-33-51-31-30-50-18-17-39-64-61(50)62(51)65-60/h17-36,39-44H,5-16,37-38H2,1-4H3/b25-24+. The average Bonchev–Trinajstić information content (AvgIpc) is 3.60. The molecule has 0 saturated carbocycles. The van der Waals surface area contributed by atoms with E-state index in [1.54, 1.807) is 5.56 Å². The van der Waals surface area contributed by atoms with Crippen LogP contribution in [0.3, 0.4) is 0 Å². The minimum atomic E-state index is 0.0124. The largest absolute Gasteiger partial charge is 0.254 e. The third-order valence-electron chi connectivity index (χ3n) is 14.2. The summed E-state index contributed by atoms with van der Waals surface area (Å²) in [5.74, 6) is 0. The van der Waals surface area contributed by atoms with E-state index in [0.717, 1.165) is 33.1 Å². The van der Waals surface area contributed by atoms with Gasteiger partial charge in [0.25, 0.3) is 0 Å². The molecule has 0 radical (unpaired) electrons. The van der Waals surface area contributed by atoms with Gasteiger partial charge in [-0.25, -0.2) is 4.98 Å². The van der Waals surface area contributed by atoms with Crippen molar-refractivity contribution in [3.63, 3.8) is 0 Å². The maximum Gasteiger partial charge on any atom is 0.0972 e. The van der Waals surface area contributed by atoms with Crippen molar-refractivity contribution in [2.24, 2.45) is 0 Å². The van der Waals surface area contributed by atoms with Crippen molar-refractivity contribution >= 4 is 34.0 Å². The quantitative estimate of drug-likeness (QED) is 0.0460. The molecule has 2 heterocycles. The third-order valence-corrected chi connectivity index (χ3v) is 14.2. The van der Waals surface area contributed by atoms with E-state index < -0.39 is 0 Å². The van der Waals surface area contributed by atoms with Crippen LogP contribution in [-0.4, -0.2) is 9.97 Å². The topological polar surface area (TPSA) is 25.8 Å². The van der Waals surface area contributed by atoms with Gasteiger partial charge in [-0.3, -0.25) is 4.98 Å². The summed E-state index contributed by atoms with van der Waals surface area (Å²) in [7, 11) is 0. The Hall–Kier alpha value is -6.12. The Bertz CT molecular complexity index is 2900. The molecule has 8 aromatic rings. The van der Waals surface area contributed by atoms with Gasteiger partial charge in [0.15, 0.2) is 0 Å². The maximum absolute atomic E-state index is 5.38. The van der Waals surface area contributed by atoms with Crippen molar-refractivity contribution in [2.75, 3.05) is 0 Å². The van der Waals surface area contributed by atoms with Gasteiger partial charge in [-0.1, -0.05) is 217 Å². The van der Waals surface area contributed by atoms with Gasteiger partial charge >= 0.3 is 0 Å². The van der Waals surface area contributed by atoms with Crippen LogP contribution in [0.1, 0.15) is 137 Å². The van der Waals surface area contributed by atoms with Gasteiger partial charge < -0.3 is 0 Å². The second-order valence-electron chi connectivity index (χ2n) is 19.0. The van der Waals surface area contributed by atoms with Crippen LogP contribution in [0.2, 0.25) is 0 Å². The first kappa shape index (κ1) is 44.1. The molecule has 2 aromatic heterocycles. The average molecular weight is 851 g/mol. The zero-order valence-electron chi connectivity index (χ0n) is 39.3. The maximum atomic E-state index is 5.38. The third kappa shape index (κ3) is 9.79. The minimum Gasteiger partial charge on any atom is -0.254 e. The minimum absolute atomic E-state index is 0.0124. The van der Waals surface area contributed by atoms with E-state index in [0.29, 0.717) is 0 Å². The van der Waals surface area contributed by atoms with Gasteiger partial charge in [0.1, 0.15) is 0 Å². The van der Waals surface area contributed by atoms with Gasteiger partial charge in [0, 0.05) is 27.9 Å². The molecule has 2 nitrogen and oxygen atoms in total. The van der Waals surface area contributed by atoms with E-state index in [1.807, 2.05) is 12.3 Å². The summed E-state index contributed by atoms with van der Waals surface area (Å²) >= 11 is 0. The van der Waals surface area contributed by atoms with Gasteiger partial charge in [0.05, 0.1) is 16.7 Å². The Morgan fingerprint density at radius 1 is 0.431 bits per heavy atom. The molecule has 2 heteroatoms. The molecule has 0 spiro atoms. The van der Waals surface area contributed by atoms with E-state index in [1.165, 1.54) is 151 Å². The highest BCUT2D eigenvalue weighted by Gasteiger charge is 2.42. The lowest BCUT2D eigenvalue weighted by Gasteiger charge is -2.33. The van der Waals surface area contributed by atoms with Crippen molar-refractivity contribution in [2.45, 2.75) is 123 Å². The van der Waals surface area contributed by atoms with Crippen molar-refractivity contribution < 1.29 is 0 Å². The number of fused-ring (bicyclic) bond motifs is 6. The first-order valence-electron chi connectivity index (χ1n) is 24.8. The highest BCUT2D eigenvalue weighted by Crippen LogP contribution is 2.55. The smallest absolute Gasteiger partial charge is 0.0972 e. The summed E-state index contributed by atoms with van der Waals surface area (Å²) in [6.45, 7) is 9.06. The first-order chi connectivity index (χ1) is 31.9. The van der Waals surface area contributed by atoms with Crippen molar-refractivity contribution in [1.29, 1.82) is 0 Å². The lowest BCUT2D eigenvalue weighted by atomic mass is 9.70. The summed E-state index contributed by atoms with van der Waals surface area (Å²) < 4.78 is 0. The zero-order chi connectivity index (χ0) is 44.6. The van der Waals surface area contributed by atoms with E-state index in [-0.39, 0.29) is 5.41 Å². The Morgan fingerprint density at radius 2 is 0.954 bits per heavy atom. The van der Waals surface area contributed by atoms with Gasteiger partial charge in [-0.2, -0.15) is 0 Å². The Balaban J connectivity index is 1.14. The normalized spacial score (nSPS) is 12.9. The first-order valence-corrected chi connectivity index (χ1v) is 24.8. The highest BCUT2D eigenvalue weighted by molar-refractivity contribution is 6.03. The highest BCUT2D eigenvalue weighted by atomic mass is 14.8. The SMILES string of the molecule is CCCCCCCCC1(CCCCCCCC)c2cc(C)ccc2-c2ccc(-c3cc(-c4ccc(/C=C/c5ccc(C)cc5)cc4)cc(-c4ccc5ccc6cccnc6c5n4)c3)cc21. The van der Waals surface area contributed by atoms with Crippen LogP contribution >= 0.6 is 0 Å². The monoisotopic (exact) mass is 851 g/mol. The van der Waals surface area contributed by atoms with E-state index >= 15 is 0 Å². The number of aromatic nitrogens is 2. The molecule has 0 bridgehead atoms. The van der Waals surface area contributed by atoms with Crippen LogP contribution in [0.25, 0.3) is 78.6 Å². The van der Waals surface area contributed by atoms with Gasteiger partial charge in [-0.15, -0.1) is 0 Å². The fourth-order valence-electron chi connectivity index (χ4n) is 10.5. The van der Waals surface area contributed by atoms with Crippen LogP contribution in [0.4, 0.5) is 0 Å².